The van der Waals surface area contributed by atoms with E-state index in [2.05, 4.69) is 0 Å². The van der Waals surface area contributed by atoms with Crippen molar-refractivity contribution in [1.82, 2.24) is 4.90 Å². The number of hydrogen-bond acceptors (Lipinski definition) is 2. The molecule has 1 amide bonds. The predicted molar refractivity (Wildman–Crippen MR) is 96.5 cm³/mol. The first-order valence-corrected chi connectivity index (χ1v) is 8.80. The van der Waals surface area contributed by atoms with Crippen molar-refractivity contribution in [3.8, 4) is 5.75 Å². The predicted octanol–water partition coefficient (Wildman–Crippen LogP) is 5.04. The van der Waals surface area contributed by atoms with Crippen LogP contribution in [0.15, 0.2) is 48.5 Å². The Morgan fingerprint density at radius 1 is 1.11 bits per heavy atom. The second-order valence-corrected chi connectivity index (χ2v) is 6.97. The summed E-state index contributed by atoms with van der Waals surface area (Å²) >= 11 is 0. The number of carbonyl (C=O) groups is 1. The minimum Gasteiger partial charge on any atom is -0.497 e. The van der Waals surface area contributed by atoms with Crippen molar-refractivity contribution >= 4 is 5.91 Å². The molecule has 3 nitrogen and oxygen atoms in total. The molecule has 144 valence electrons. The van der Waals surface area contributed by atoms with Crippen LogP contribution in [-0.2, 0) is 11.0 Å². The van der Waals surface area contributed by atoms with E-state index in [0.717, 1.165) is 29.0 Å². The zero-order valence-corrected chi connectivity index (χ0v) is 15.5. The van der Waals surface area contributed by atoms with E-state index in [1.807, 2.05) is 31.2 Å². The summed E-state index contributed by atoms with van der Waals surface area (Å²) in [4.78, 5) is 14.5. The minimum atomic E-state index is -4.34. The van der Waals surface area contributed by atoms with Crippen molar-refractivity contribution in [3.05, 3.63) is 65.2 Å². The van der Waals surface area contributed by atoms with Gasteiger partial charge in [0.25, 0.3) is 0 Å². The van der Waals surface area contributed by atoms with Gasteiger partial charge in [-0.2, -0.15) is 13.2 Å². The van der Waals surface area contributed by atoms with Crippen molar-refractivity contribution in [2.45, 2.75) is 31.5 Å². The van der Waals surface area contributed by atoms with Gasteiger partial charge in [-0.05, 0) is 54.7 Å². The van der Waals surface area contributed by atoms with Gasteiger partial charge in [-0.1, -0.05) is 24.3 Å². The Hall–Kier alpha value is -2.50. The fraction of sp³-hybridized carbons (Fsp3) is 0.381. The van der Waals surface area contributed by atoms with Crippen molar-refractivity contribution in [2.24, 2.45) is 5.92 Å². The van der Waals surface area contributed by atoms with E-state index in [-0.39, 0.29) is 23.8 Å². The van der Waals surface area contributed by atoms with Crippen LogP contribution in [0.1, 0.15) is 42.0 Å². The minimum absolute atomic E-state index is 0.00898. The molecule has 3 rings (SSSR count). The molecule has 6 heteroatoms. The average Bonchev–Trinajstić information content (AvgIpc) is 3.46. The highest BCUT2D eigenvalue weighted by Crippen LogP contribution is 2.49. The van der Waals surface area contributed by atoms with Gasteiger partial charge in [0.15, 0.2) is 0 Å². The lowest BCUT2D eigenvalue weighted by Gasteiger charge is -2.26. The van der Waals surface area contributed by atoms with E-state index in [9.17, 15) is 18.0 Å². The maximum absolute atomic E-state index is 12.8. The normalized spacial score (nSPS) is 20.1. The lowest BCUT2D eigenvalue weighted by Crippen LogP contribution is -2.31. The summed E-state index contributed by atoms with van der Waals surface area (Å²) in [5, 5.41) is 0. The van der Waals surface area contributed by atoms with Crippen molar-refractivity contribution in [3.63, 3.8) is 0 Å². The first kappa shape index (κ1) is 19.3. The van der Waals surface area contributed by atoms with E-state index in [0.29, 0.717) is 6.42 Å². The summed E-state index contributed by atoms with van der Waals surface area (Å²) in [6.45, 7) is 1.95. The SMILES string of the molecule is COc1ccc(C(C)N(C)C(=O)C2CC2c2ccc(C(F)(F)F)cc2)cc1. The molecule has 0 heterocycles. The number of halogens is 3. The largest absolute Gasteiger partial charge is 0.497 e. The number of nitrogens with zero attached hydrogens (tertiary/aromatic N) is 1. The van der Waals surface area contributed by atoms with Crippen LogP contribution in [0.25, 0.3) is 0 Å². The molecule has 0 spiro atoms. The number of benzene rings is 2. The second-order valence-electron chi connectivity index (χ2n) is 6.97. The molecule has 3 atom stereocenters. The summed E-state index contributed by atoms with van der Waals surface area (Å²) in [5.74, 6) is 0.588. The summed E-state index contributed by atoms with van der Waals surface area (Å²) < 4.78 is 43.2. The van der Waals surface area contributed by atoms with Gasteiger partial charge < -0.3 is 9.64 Å². The molecule has 27 heavy (non-hydrogen) atoms. The molecule has 3 unspecified atom stereocenters. The third kappa shape index (κ3) is 4.10. The molecule has 0 N–H and O–H groups in total. The number of carbonyl (C=O) groups excluding carboxylic acids is 1. The Labute approximate surface area is 156 Å². The van der Waals surface area contributed by atoms with Gasteiger partial charge in [0, 0.05) is 13.0 Å². The van der Waals surface area contributed by atoms with Crippen LogP contribution in [0.5, 0.6) is 5.75 Å². The van der Waals surface area contributed by atoms with Crippen LogP contribution < -0.4 is 4.74 Å². The van der Waals surface area contributed by atoms with E-state index in [1.54, 1.807) is 19.1 Å². The number of amides is 1. The van der Waals surface area contributed by atoms with E-state index in [4.69, 9.17) is 4.74 Å². The van der Waals surface area contributed by atoms with Gasteiger partial charge in [-0.15, -0.1) is 0 Å². The number of hydrogen-bond donors (Lipinski definition) is 0. The third-order valence-corrected chi connectivity index (χ3v) is 5.30. The fourth-order valence-electron chi connectivity index (χ4n) is 3.31. The molecule has 2 aromatic carbocycles. The first-order chi connectivity index (χ1) is 12.7. The van der Waals surface area contributed by atoms with E-state index in [1.165, 1.54) is 12.1 Å². The Morgan fingerprint density at radius 2 is 1.70 bits per heavy atom. The van der Waals surface area contributed by atoms with Crippen LogP contribution in [0, 0.1) is 5.92 Å². The Bertz CT molecular complexity index is 800. The molecular formula is C21H22F3NO2. The zero-order chi connectivity index (χ0) is 19.8. The van der Waals surface area contributed by atoms with Crippen LogP contribution >= 0.6 is 0 Å². The molecule has 0 aromatic heterocycles. The van der Waals surface area contributed by atoms with Crippen LogP contribution in [0.4, 0.5) is 13.2 Å². The molecule has 0 bridgehead atoms. The first-order valence-electron chi connectivity index (χ1n) is 8.80. The molecule has 1 saturated carbocycles. The molecular weight excluding hydrogens is 355 g/mol. The van der Waals surface area contributed by atoms with Gasteiger partial charge in [0.1, 0.15) is 5.75 Å². The zero-order valence-electron chi connectivity index (χ0n) is 15.5. The number of ether oxygens (including phenoxy) is 1. The number of alkyl halides is 3. The molecule has 1 aliphatic rings. The molecule has 0 aliphatic heterocycles. The number of rotatable bonds is 5. The van der Waals surface area contributed by atoms with Gasteiger partial charge in [0.2, 0.25) is 5.91 Å². The standard InChI is InChI=1S/C21H22F3NO2/c1-13(14-6-10-17(27-3)11-7-14)25(2)20(26)19-12-18(19)15-4-8-16(9-5-15)21(22,23)24/h4-11,13,18-19H,12H2,1-3H3. The highest BCUT2D eigenvalue weighted by atomic mass is 19.4. The molecule has 1 aliphatic carbocycles. The summed E-state index contributed by atoms with van der Waals surface area (Å²) in [5.41, 5.74) is 1.12. The smallest absolute Gasteiger partial charge is 0.416 e. The molecule has 1 fully saturated rings. The highest BCUT2D eigenvalue weighted by molar-refractivity contribution is 5.83. The van der Waals surface area contributed by atoms with Crippen LogP contribution in [0.3, 0.4) is 0 Å². The molecule has 0 saturated heterocycles. The number of methoxy groups -OCH3 is 1. The fourth-order valence-corrected chi connectivity index (χ4v) is 3.31. The monoisotopic (exact) mass is 377 g/mol. The summed E-state index contributed by atoms with van der Waals surface area (Å²) in [6, 6.07) is 12.6. The van der Waals surface area contributed by atoms with Gasteiger partial charge in [-0.3, -0.25) is 4.79 Å². The molecule has 2 aromatic rings. The Balaban J connectivity index is 1.64. The highest BCUT2D eigenvalue weighted by Gasteiger charge is 2.46. The quantitative estimate of drug-likeness (QED) is 0.731. The third-order valence-electron chi connectivity index (χ3n) is 5.30. The molecule has 0 radical (unpaired) electrons. The lowest BCUT2D eigenvalue weighted by molar-refractivity contribution is -0.137. The van der Waals surface area contributed by atoms with Gasteiger partial charge in [0.05, 0.1) is 18.7 Å². The topological polar surface area (TPSA) is 29.5 Å². The average molecular weight is 377 g/mol. The summed E-state index contributed by atoms with van der Waals surface area (Å²) in [7, 11) is 3.36. The van der Waals surface area contributed by atoms with Gasteiger partial charge in [-0.25, -0.2) is 0 Å². The van der Waals surface area contributed by atoms with E-state index >= 15 is 0 Å². The van der Waals surface area contributed by atoms with Crippen LogP contribution in [0.2, 0.25) is 0 Å². The second kappa shape index (κ2) is 7.25. The van der Waals surface area contributed by atoms with Crippen molar-refractivity contribution < 1.29 is 22.7 Å². The Kier molecular flexibility index (Phi) is 5.18. The van der Waals surface area contributed by atoms with Crippen molar-refractivity contribution in [1.29, 1.82) is 0 Å². The summed E-state index contributed by atoms with van der Waals surface area (Å²) in [6.07, 6.45) is -3.67. The Morgan fingerprint density at radius 3 is 2.22 bits per heavy atom. The van der Waals surface area contributed by atoms with E-state index < -0.39 is 11.7 Å². The maximum atomic E-state index is 12.8. The van der Waals surface area contributed by atoms with Crippen molar-refractivity contribution in [2.75, 3.05) is 14.2 Å². The maximum Gasteiger partial charge on any atom is 0.416 e. The van der Waals surface area contributed by atoms with Gasteiger partial charge >= 0.3 is 6.18 Å². The lowest BCUT2D eigenvalue weighted by atomic mass is 10.0. The van der Waals surface area contributed by atoms with Crippen LogP contribution in [-0.4, -0.2) is 25.0 Å².